The number of halogens is 1. The predicted molar refractivity (Wildman–Crippen MR) is 75.5 cm³/mol. The second-order valence-corrected chi connectivity index (χ2v) is 11.3. The molecule has 98 valence electrons. The second kappa shape index (κ2) is 5.62. The zero-order chi connectivity index (χ0) is 13.1. The van der Waals surface area contributed by atoms with Crippen LogP contribution in [0.25, 0.3) is 0 Å². The third-order valence-corrected chi connectivity index (χ3v) is 8.18. The Kier molecular flexibility index (Phi) is 4.92. The minimum atomic E-state index is -1.60. The molecule has 1 rings (SSSR count). The van der Waals surface area contributed by atoms with Gasteiger partial charge in [-0.05, 0) is 40.5 Å². The largest absolute Gasteiger partial charge is 0.417 e. The second-order valence-electron chi connectivity index (χ2n) is 5.73. The van der Waals surface area contributed by atoms with Crippen molar-refractivity contribution in [3.05, 3.63) is 10.8 Å². The van der Waals surface area contributed by atoms with Crippen molar-refractivity contribution in [3.63, 3.8) is 0 Å². The number of hydrogen-bond donors (Lipinski definition) is 0. The Bertz CT molecular complexity index is 360. The molecule has 6 heteroatoms. The molecule has 0 unspecified atom stereocenters. The fourth-order valence-corrected chi connectivity index (χ4v) is 2.50. The van der Waals surface area contributed by atoms with Gasteiger partial charge in [0.25, 0.3) is 0 Å². The third-order valence-electron chi connectivity index (χ3n) is 3.28. The van der Waals surface area contributed by atoms with Gasteiger partial charge in [-0.1, -0.05) is 20.8 Å². The molecule has 0 saturated heterocycles. The van der Waals surface area contributed by atoms with E-state index in [0.717, 1.165) is 24.2 Å². The molecule has 0 radical (unpaired) electrons. The molecule has 17 heavy (non-hydrogen) atoms. The van der Waals surface area contributed by atoms with E-state index < -0.39 is 8.32 Å². The zero-order valence-electron chi connectivity index (χ0n) is 11.3. The van der Waals surface area contributed by atoms with E-state index in [1.54, 1.807) is 11.0 Å². The first kappa shape index (κ1) is 14.9. The Morgan fingerprint density at radius 3 is 2.53 bits per heavy atom. The number of rotatable bonds is 5. The van der Waals surface area contributed by atoms with E-state index in [1.165, 1.54) is 0 Å². The van der Waals surface area contributed by atoms with Gasteiger partial charge in [-0.25, -0.2) is 0 Å². The molecule has 0 fully saturated rings. The summed E-state index contributed by atoms with van der Waals surface area (Å²) in [5, 5.41) is 8.56. The molecule has 0 aliphatic rings. The van der Waals surface area contributed by atoms with Crippen molar-refractivity contribution < 1.29 is 4.43 Å². The van der Waals surface area contributed by atoms with Crippen LogP contribution in [0.15, 0.2) is 10.8 Å². The van der Waals surface area contributed by atoms with E-state index in [4.69, 9.17) is 4.43 Å². The smallest absolute Gasteiger partial charge is 0.191 e. The van der Waals surface area contributed by atoms with Gasteiger partial charge in [0.2, 0.25) is 0 Å². The van der Waals surface area contributed by atoms with Gasteiger partial charge in [-0.3, -0.25) is 0 Å². The summed E-state index contributed by atoms with van der Waals surface area (Å²) in [6, 6.07) is 0. The Balaban J connectivity index is 2.29. The summed E-state index contributed by atoms with van der Waals surface area (Å²) in [5.41, 5.74) is 0. The van der Waals surface area contributed by atoms with E-state index in [0.29, 0.717) is 0 Å². The van der Waals surface area contributed by atoms with E-state index in [-0.39, 0.29) is 5.04 Å². The number of aryl methyl sites for hydroxylation is 1. The average Bonchev–Trinajstić information content (AvgIpc) is 2.57. The van der Waals surface area contributed by atoms with Crippen molar-refractivity contribution in [2.75, 3.05) is 6.61 Å². The summed E-state index contributed by atoms with van der Waals surface area (Å²) in [6.45, 7) is 12.9. The molecular weight excluding hydrogens is 298 g/mol. The lowest BCUT2D eigenvalue weighted by atomic mass is 10.2. The summed E-state index contributed by atoms with van der Waals surface area (Å²) < 4.78 is 6.86. The van der Waals surface area contributed by atoms with Crippen LogP contribution in [0.5, 0.6) is 0 Å². The number of hydrogen-bond acceptors (Lipinski definition) is 3. The van der Waals surface area contributed by atoms with Crippen molar-refractivity contribution in [1.29, 1.82) is 0 Å². The van der Waals surface area contributed by atoms with Crippen LogP contribution in [-0.2, 0) is 11.0 Å². The summed E-state index contributed by atoms with van der Waals surface area (Å²) in [7, 11) is -1.60. The maximum Gasteiger partial charge on any atom is 0.191 e. The maximum absolute atomic E-state index is 6.08. The highest BCUT2D eigenvalue weighted by molar-refractivity contribution is 9.10. The van der Waals surface area contributed by atoms with Crippen LogP contribution < -0.4 is 0 Å². The molecule has 0 N–H and O–H groups in total. The summed E-state index contributed by atoms with van der Waals surface area (Å²) in [5.74, 6) is 0. The lowest BCUT2D eigenvalue weighted by Crippen LogP contribution is -2.41. The van der Waals surface area contributed by atoms with E-state index in [9.17, 15) is 0 Å². The first-order chi connectivity index (χ1) is 7.72. The molecule has 1 aromatic rings. The third kappa shape index (κ3) is 4.52. The Morgan fingerprint density at radius 1 is 1.41 bits per heavy atom. The van der Waals surface area contributed by atoms with Crippen molar-refractivity contribution in [2.24, 2.45) is 0 Å². The molecule has 0 atom stereocenters. The molecule has 1 heterocycles. The van der Waals surface area contributed by atoms with Gasteiger partial charge in [0.05, 0.1) is 12.7 Å². The monoisotopic (exact) mass is 319 g/mol. The van der Waals surface area contributed by atoms with Crippen LogP contribution in [-0.4, -0.2) is 29.9 Å². The van der Waals surface area contributed by atoms with Crippen LogP contribution in [0.2, 0.25) is 18.1 Å². The number of nitrogens with zero attached hydrogens (tertiary/aromatic N) is 3. The highest BCUT2D eigenvalue weighted by Crippen LogP contribution is 2.36. The van der Waals surface area contributed by atoms with Crippen LogP contribution >= 0.6 is 15.9 Å². The molecule has 0 amide bonds. The van der Waals surface area contributed by atoms with E-state index in [1.807, 2.05) is 0 Å². The highest BCUT2D eigenvalue weighted by Gasteiger charge is 2.36. The van der Waals surface area contributed by atoms with Gasteiger partial charge in [-0.15, -0.1) is 5.10 Å². The predicted octanol–water partition coefficient (Wildman–Crippen LogP) is 3.45. The summed E-state index contributed by atoms with van der Waals surface area (Å²) in [4.78, 5) is 1.69. The molecule has 0 aromatic carbocycles. The van der Waals surface area contributed by atoms with Gasteiger partial charge < -0.3 is 4.43 Å². The molecule has 1 aromatic heterocycles. The molecule has 0 aliphatic carbocycles. The van der Waals surface area contributed by atoms with Crippen molar-refractivity contribution in [3.8, 4) is 0 Å². The van der Waals surface area contributed by atoms with Crippen molar-refractivity contribution in [1.82, 2.24) is 15.0 Å². The zero-order valence-corrected chi connectivity index (χ0v) is 13.9. The van der Waals surface area contributed by atoms with Crippen LogP contribution in [0.3, 0.4) is 0 Å². The summed E-state index contributed by atoms with van der Waals surface area (Å²) >= 11 is 3.28. The first-order valence-corrected chi connectivity index (χ1v) is 9.62. The van der Waals surface area contributed by atoms with Crippen LogP contribution in [0, 0.1) is 0 Å². The minimum absolute atomic E-state index is 0.278. The molecule has 0 bridgehead atoms. The molecule has 4 nitrogen and oxygen atoms in total. The van der Waals surface area contributed by atoms with E-state index >= 15 is 0 Å². The normalized spacial score (nSPS) is 13.1. The topological polar surface area (TPSA) is 39.9 Å². The van der Waals surface area contributed by atoms with Gasteiger partial charge in [0, 0.05) is 6.61 Å². The van der Waals surface area contributed by atoms with Crippen molar-refractivity contribution >= 4 is 24.2 Å². The lowest BCUT2D eigenvalue weighted by molar-refractivity contribution is 0.269. The molecule has 0 saturated carbocycles. The Labute approximate surface area is 113 Å². The average molecular weight is 320 g/mol. The Hall–Kier alpha value is -0.203. The highest BCUT2D eigenvalue weighted by atomic mass is 79.9. The van der Waals surface area contributed by atoms with Crippen LogP contribution in [0.1, 0.15) is 27.2 Å². The van der Waals surface area contributed by atoms with Crippen LogP contribution in [0.4, 0.5) is 0 Å². The van der Waals surface area contributed by atoms with Gasteiger partial charge >= 0.3 is 0 Å². The Morgan fingerprint density at radius 2 is 2.06 bits per heavy atom. The fraction of sp³-hybridized carbons (Fsp3) is 0.818. The SMILES string of the molecule is CC(C)(C)[Si](C)(C)OCCCn1ncc(Br)n1. The van der Waals surface area contributed by atoms with Gasteiger partial charge in [-0.2, -0.15) is 9.90 Å². The maximum atomic E-state index is 6.08. The lowest BCUT2D eigenvalue weighted by Gasteiger charge is -2.36. The number of aromatic nitrogens is 3. The fourth-order valence-electron chi connectivity index (χ4n) is 1.13. The molecule has 0 spiro atoms. The van der Waals surface area contributed by atoms with Gasteiger partial charge in [0.1, 0.15) is 4.60 Å². The van der Waals surface area contributed by atoms with Gasteiger partial charge in [0.15, 0.2) is 8.32 Å². The first-order valence-electron chi connectivity index (χ1n) is 5.92. The quantitative estimate of drug-likeness (QED) is 0.616. The molecular formula is C11H22BrN3OSi. The van der Waals surface area contributed by atoms with E-state index in [2.05, 4.69) is 60.0 Å². The summed E-state index contributed by atoms with van der Waals surface area (Å²) in [6.07, 6.45) is 2.66. The van der Waals surface area contributed by atoms with Crippen molar-refractivity contribution in [2.45, 2.75) is 51.9 Å². The standard InChI is InChI=1S/C11H22BrN3OSi/c1-11(2,3)17(4,5)16-8-6-7-15-13-9-10(12)14-15/h9H,6-8H2,1-5H3. The minimum Gasteiger partial charge on any atom is -0.417 e. The molecule has 0 aliphatic heterocycles.